The van der Waals surface area contributed by atoms with Crippen LogP contribution >= 0.6 is 0 Å². The molecule has 0 spiro atoms. The summed E-state index contributed by atoms with van der Waals surface area (Å²) >= 11 is 0. The van der Waals surface area contributed by atoms with Crippen LogP contribution in [0.4, 0.5) is 5.69 Å². The van der Waals surface area contributed by atoms with Gasteiger partial charge in [-0.2, -0.15) is 0 Å². The summed E-state index contributed by atoms with van der Waals surface area (Å²) < 4.78 is 0. The smallest absolute Gasteiger partial charge is 0.251 e. The van der Waals surface area contributed by atoms with E-state index in [4.69, 9.17) is 0 Å². The van der Waals surface area contributed by atoms with Crippen LogP contribution in [0.1, 0.15) is 61.0 Å². The van der Waals surface area contributed by atoms with E-state index < -0.39 is 0 Å². The zero-order valence-corrected chi connectivity index (χ0v) is 17.4. The number of rotatable bonds is 7. The number of nitrogens with zero attached hydrogens (tertiary/aromatic N) is 1. The molecular weight excluding hydrogens is 362 g/mol. The van der Waals surface area contributed by atoms with E-state index in [0.717, 1.165) is 24.1 Å². The molecule has 1 unspecified atom stereocenters. The van der Waals surface area contributed by atoms with Gasteiger partial charge in [-0.1, -0.05) is 49.6 Å². The van der Waals surface area contributed by atoms with Gasteiger partial charge >= 0.3 is 0 Å². The van der Waals surface area contributed by atoms with Crippen molar-refractivity contribution in [1.29, 1.82) is 0 Å². The monoisotopic (exact) mass is 393 g/mol. The Morgan fingerprint density at radius 3 is 2.31 bits per heavy atom. The van der Waals surface area contributed by atoms with E-state index in [1.807, 2.05) is 61.3 Å². The number of amides is 2. The second kappa shape index (κ2) is 10.1. The van der Waals surface area contributed by atoms with Crippen molar-refractivity contribution in [3.05, 3.63) is 65.7 Å². The van der Waals surface area contributed by atoms with E-state index in [0.29, 0.717) is 11.6 Å². The van der Waals surface area contributed by atoms with Gasteiger partial charge in [0.2, 0.25) is 5.91 Å². The van der Waals surface area contributed by atoms with Gasteiger partial charge in [-0.25, -0.2) is 0 Å². The Morgan fingerprint density at radius 2 is 1.66 bits per heavy atom. The summed E-state index contributed by atoms with van der Waals surface area (Å²) in [5.41, 5.74) is 2.51. The molecule has 1 aliphatic carbocycles. The Labute approximate surface area is 173 Å². The highest BCUT2D eigenvalue weighted by atomic mass is 16.2. The van der Waals surface area contributed by atoms with Crippen LogP contribution in [0, 0.1) is 0 Å². The van der Waals surface area contributed by atoms with Gasteiger partial charge in [0, 0.05) is 24.3 Å². The molecule has 2 aromatic rings. The SMILES string of the molecule is CC(NC(=O)c1ccc(NCC(=O)N(C)C2CCCCC2)cc1)c1ccccc1. The quantitative estimate of drug-likeness (QED) is 0.734. The molecule has 1 aliphatic rings. The van der Waals surface area contributed by atoms with Crippen LogP contribution in [0.5, 0.6) is 0 Å². The van der Waals surface area contributed by atoms with Gasteiger partial charge < -0.3 is 15.5 Å². The maximum absolute atomic E-state index is 12.5. The molecule has 0 bridgehead atoms. The summed E-state index contributed by atoms with van der Waals surface area (Å²) in [6.07, 6.45) is 5.91. The van der Waals surface area contributed by atoms with E-state index in [9.17, 15) is 9.59 Å². The third-order valence-corrected chi connectivity index (χ3v) is 5.75. The summed E-state index contributed by atoms with van der Waals surface area (Å²) in [5, 5.41) is 6.19. The number of anilines is 1. The minimum Gasteiger partial charge on any atom is -0.376 e. The third kappa shape index (κ3) is 5.83. The van der Waals surface area contributed by atoms with Gasteiger partial charge in [-0.05, 0) is 49.6 Å². The molecule has 2 aromatic carbocycles. The number of carbonyl (C=O) groups is 2. The first-order valence-corrected chi connectivity index (χ1v) is 10.5. The predicted molar refractivity (Wildman–Crippen MR) is 117 cm³/mol. The van der Waals surface area contributed by atoms with Gasteiger partial charge in [0.15, 0.2) is 0 Å². The first-order valence-electron chi connectivity index (χ1n) is 10.5. The second-order valence-corrected chi connectivity index (χ2v) is 7.83. The molecule has 2 N–H and O–H groups in total. The lowest BCUT2D eigenvalue weighted by molar-refractivity contribution is -0.130. The molecule has 29 heavy (non-hydrogen) atoms. The number of likely N-dealkylation sites (N-methyl/N-ethyl adjacent to an activating group) is 1. The third-order valence-electron chi connectivity index (χ3n) is 5.75. The summed E-state index contributed by atoms with van der Waals surface area (Å²) in [6, 6.07) is 17.4. The molecule has 1 fully saturated rings. The molecule has 0 radical (unpaired) electrons. The van der Waals surface area contributed by atoms with Crippen molar-refractivity contribution >= 4 is 17.5 Å². The molecule has 3 rings (SSSR count). The molecule has 0 aromatic heterocycles. The summed E-state index contributed by atoms with van der Waals surface area (Å²) in [7, 11) is 1.90. The lowest BCUT2D eigenvalue weighted by atomic mass is 9.94. The van der Waals surface area contributed by atoms with Crippen molar-refractivity contribution in [2.45, 2.75) is 51.1 Å². The first kappa shape index (κ1) is 20.9. The molecular formula is C24H31N3O2. The number of carbonyl (C=O) groups excluding carboxylic acids is 2. The normalized spacial score (nSPS) is 15.4. The molecule has 0 heterocycles. The Hall–Kier alpha value is -2.82. The molecule has 0 aliphatic heterocycles. The van der Waals surface area contributed by atoms with Gasteiger partial charge in [0.1, 0.15) is 0 Å². The highest BCUT2D eigenvalue weighted by Crippen LogP contribution is 2.21. The summed E-state index contributed by atoms with van der Waals surface area (Å²) in [4.78, 5) is 26.8. The summed E-state index contributed by atoms with van der Waals surface area (Å²) in [6.45, 7) is 2.24. The molecule has 5 nitrogen and oxygen atoms in total. The predicted octanol–water partition coefficient (Wildman–Crippen LogP) is 4.38. The fourth-order valence-corrected chi connectivity index (χ4v) is 3.82. The number of benzene rings is 2. The first-order chi connectivity index (χ1) is 14.0. The molecule has 2 amide bonds. The molecule has 1 saturated carbocycles. The fraction of sp³-hybridized carbons (Fsp3) is 0.417. The van der Waals surface area contributed by atoms with Crippen LogP contribution in [-0.4, -0.2) is 36.3 Å². The minimum atomic E-state index is -0.110. The Balaban J connectivity index is 1.49. The van der Waals surface area contributed by atoms with Gasteiger partial charge in [0.25, 0.3) is 5.91 Å². The van der Waals surface area contributed by atoms with Crippen molar-refractivity contribution in [1.82, 2.24) is 10.2 Å². The Kier molecular flexibility index (Phi) is 7.28. The number of hydrogen-bond acceptors (Lipinski definition) is 3. The van der Waals surface area contributed by atoms with Crippen molar-refractivity contribution in [3.63, 3.8) is 0 Å². The van der Waals surface area contributed by atoms with Crippen LogP contribution in [-0.2, 0) is 4.79 Å². The maximum Gasteiger partial charge on any atom is 0.251 e. The van der Waals surface area contributed by atoms with Crippen LogP contribution in [0.25, 0.3) is 0 Å². The highest BCUT2D eigenvalue weighted by molar-refractivity contribution is 5.94. The Bertz CT molecular complexity index is 799. The lowest BCUT2D eigenvalue weighted by Crippen LogP contribution is -2.41. The van der Waals surface area contributed by atoms with Gasteiger partial charge in [-0.15, -0.1) is 0 Å². The van der Waals surface area contributed by atoms with E-state index >= 15 is 0 Å². The van der Waals surface area contributed by atoms with E-state index in [-0.39, 0.29) is 24.4 Å². The molecule has 154 valence electrons. The maximum atomic E-state index is 12.5. The standard InChI is InChI=1S/C24H31N3O2/c1-18(19-9-5-3-6-10-19)26-24(29)20-13-15-21(16-14-20)25-17-23(28)27(2)22-11-7-4-8-12-22/h3,5-6,9-10,13-16,18,22,25H,4,7-8,11-12,17H2,1-2H3,(H,26,29). The number of nitrogens with one attached hydrogen (secondary N) is 2. The zero-order chi connectivity index (χ0) is 20.6. The molecule has 1 atom stereocenters. The fourth-order valence-electron chi connectivity index (χ4n) is 3.82. The lowest BCUT2D eigenvalue weighted by Gasteiger charge is -2.31. The average molecular weight is 394 g/mol. The second-order valence-electron chi connectivity index (χ2n) is 7.83. The van der Waals surface area contributed by atoms with Crippen LogP contribution < -0.4 is 10.6 Å². The van der Waals surface area contributed by atoms with Crippen molar-refractivity contribution in [2.24, 2.45) is 0 Å². The van der Waals surface area contributed by atoms with Crippen molar-refractivity contribution < 1.29 is 9.59 Å². The Morgan fingerprint density at radius 1 is 1.00 bits per heavy atom. The van der Waals surface area contributed by atoms with Crippen LogP contribution in [0.15, 0.2) is 54.6 Å². The van der Waals surface area contributed by atoms with Gasteiger partial charge in [-0.3, -0.25) is 9.59 Å². The zero-order valence-electron chi connectivity index (χ0n) is 17.4. The van der Waals surface area contributed by atoms with Crippen molar-refractivity contribution in [3.8, 4) is 0 Å². The van der Waals surface area contributed by atoms with E-state index in [2.05, 4.69) is 10.6 Å². The summed E-state index contributed by atoms with van der Waals surface area (Å²) in [5.74, 6) is -0.00332. The molecule has 0 saturated heterocycles. The largest absolute Gasteiger partial charge is 0.376 e. The van der Waals surface area contributed by atoms with E-state index in [1.54, 1.807) is 12.1 Å². The average Bonchev–Trinajstić information content (AvgIpc) is 2.78. The number of hydrogen-bond donors (Lipinski definition) is 2. The van der Waals surface area contributed by atoms with E-state index in [1.165, 1.54) is 19.3 Å². The highest BCUT2D eigenvalue weighted by Gasteiger charge is 2.21. The molecule has 5 heteroatoms. The minimum absolute atomic E-state index is 0.0607. The van der Waals surface area contributed by atoms with Crippen molar-refractivity contribution in [2.75, 3.05) is 18.9 Å². The van der Waals surface area contributed by atoms with Crippen LogP contribution in [0.2, 0.25) is 0 Å². The van der Waals surface area contributed by atoms with Crippen LogP contribution in [0.3, 0.4) is 0 Å². The van der Waals surface area contributed by atoms with Gasteiger partial charge in [0.05, 0.1) is 12.6 Å². The topological polar surface area (TPSA) is 61.4 Å².